The van der Waals surface area contributed by atoms with Crippen LogP contribution in [0.5, 0.6) is 0 Å². The lowest BCUT2D eigenvalue weighted by atomic mass is 10.0. The van der Waals surface area contributed by atoms with Crippen LogP contribution in [-0.2, 0) is 4.79 Å². The summed E-state index contributed by atoms with van der Waals surface area (Å²) in [4.78, 5) is 29.5. The predicted octanol–water partition coefficient (Wildman–Crippen LogP) is 3.42. The largest absolute Gasteiger partial charge is 0.357 e. The number of carbonyl (C=O) groups excluding carboxylic acids is 2. The van der Waals surface area contributed by atoms with Gasteiger partial charge in [-0.15, -0.1) is 22.7 Å². The van der Waals surface area contributed by atoms with Crippen molar-refractivity contribution < 1.29 is 9.59 Å². The van der Waals surface area contributed by atoms with Crippen LogP contribution >= 0.6 is 34.3 Å². The zero-order valence-corrected chi connectivity index (χ0v) is 15.4. The molecule has 5 nitrogen and oxygen atoms in total. The first-order valence-corrected chi connectivity index (χ1v) is 9.21. The summed E-state index contributed by atoms with van der Waals surface area (Å²) in [5.74, 6) is -0.256. The third-order valence-electron chi connectivity index (χ3n) is 3.10. The first-order valence-electron chi connectivity index (χ1n) is 7.14. The Bertz CT molecular complexity index is 696. The van der Waals surface area contributed by atoms with Gasteiger partial charge in [0.15, 0.2) is 0 Å². The van der Waals surface area contributed by atoms with E-state index in [1.54, 1.807) is 18.5 Å². The molecular weight excluding hydrogens is 354 g/mol. The van der Waals surface area contributed by atoms with Gasteiger partial charge in [-0.2, -0.15) is 0 Å². The van der Waals surface area contributed by atoms with Crippen molar-refractivity contribution >= 4 is 46.1 Å². The van der Waals surface area contributed by atoms with Crippen molar-refractivity contribution in [2.45, 2.75) is 26.3 Å². The van der Waals surface area contributed by atoms with Gasteiger partial charge in [0.25, 0.3) is 5.91 Å². The highest BCUT2D eigenvalue weighted by Crippen LogP contribution is 2.32. The van der Waals surface area contributed by atoms with E-state index in [-0.39, 0.29) is 17.7 Å². The Hall–Kier alpha value is -1.44. The number of nitrogens with one attached hydrogen (secondary N) is 2. The highest BCUT2D eigenvalue weighted by atomic mass is 35.5. The molecule has 124 valence electrons. The highest BCUT2D eigenvalue weighted by molar-refractivity contribution is 7.23. The molecular formula is C15H18ClN3O2S2. The van der Waals surface area contributed by atoms with Crippen LogP contribution in [-0.4, -0.2) is 29.9 Å². The molecule has 0 fully saturated rings. The van der Waals surface area contributed by atoms with Gasteiger partial charge in [0.05, 0.1) is 9.21 Å². The minimum atomic E-state index is -0.561. The summed E-state index contributed by atoms with van der Waals surface area (Å²) in [6, 6.07) is 3.11. The number of hydrogen-bond donors (Lipinski definition) is 2. The molecule has 2 aromatic heterocycles. The number of likely N-dealkylation sites (N-methyl/N-ethyl adjacent to an activating group) is 1. The normalized spacial score (nSPS) is 12.2. The van der Waals surface area contributed by atoms with E-state index >= 15 is 0 Å². The number of rotatable bonds is 6. The summed E-state index contributed by atoms with van der Waals surface area (Å²) in [7, 11) is 1.56. The van der Waals surface area contributed by atoms with Crippen molar-refractivity contribution in [2.75, 3.05) is 7.05 Å². The maximum absolute atomic E-state index is 12.3. The summed E-state index contributed by atoms with van der Waals surface area (Å²) in [5.41, 5.74) is 0.312. The van der Waals surface area contributed by atoms with Crippen LogP contribution in [0.4, 0.5) is 0 Å². The third-order valence-corrected chi connectivity index (χ3v) is 5.34. The molecule has 2 N–H and O–H groups in total. The SMILES string of the molecule is CNC(=O)C(CC(C)C)NC(=O)c1csc(-c2ccc(Cl)s2)n1. The first-order chi connectivity index (χ1) is 10.9. The minimum Gasteiger partial charge on any atom is -0.357 e. The lowest BCUT2D eigenvalue weighted by Gasteiger charge is -2.18. The van der Waals surface area contributed by atoms with Crippen molar-refractivity contribution in [1.82, 2.24) is 15.6 Å². The molecule has 0 saturated heterocycles. The maximum atomic E-state index is 12.3. The van der Waals surface area contributed by atoms with E-state index < -0.39 is 6.04 Å². The van der Waals surface area contributed by atoms with Gasteiger partial charge in [-0.05, 0) is 24.5 Å². The average molecular weight is 372 g/mol. The number of aromatic nitrogens is 1. The van der Waals surface area contributed by atoms with E-state index in [1.807, 2.05) is 19.9 Å². The lowest BCUT2D eigenvalue weighted by molar-refractivity contribution is -0.122. The van der Waals surface area contributed by atoms with Crippen LogP contribution in [0.25, 0.3) is 9.88 Å². The molecule has 2 aromatic rings. The van der Waals surface area contributed by atoms with Crippen LogP contribution in [0.15, 0.2) is 17.5 Å². The fourth-order valence-corrected chi connectivity index (χ4v) is 3.94. The second-order valence-electron chi connectivity index (χ2n) is 5.41. The molecule has 2 heterocycles. The molecule has 0 aromatic carbocycles. The molecule has 1 atom stereocenters. The number of thiophene rings is 1. The first kappa shape index (κ1) is 17.9. The number of nitrogens with zero attached hydrogens (tertiary/aromatic N) is 1. The Morgan fingerprint density at radius 3 is 2.65 bits per heavy atom. The smallest absolute Gasteiger partial charge is 0.271 e. The van der Waals surface area contributed by atoms with Gasteiger partial charge in [0.2, 0.25) is 5.91 Å². The zero-order valence-electron chi connectivity index (χ0n) is 13.1. The maximum Gasteiger partial charge on any atom is 0.271 e. The van der Waals surface area contributed by atoms with E-state index in [0.717, 1.165) is 9.88 Å². The summed E-state index contributed by atoms with van der Waals surface area (Å²) in [6.45, 7) is 4.01. The second kappa shape index (κ2) is 7.90. The van der Waals surface area contributed by atoms with E-state index in [2.05, 4.69) is 15.6 Å². The van der Waals surface area contributed by atoms with E-state index in [0.29, 0.717) is 16.5 Å². The fourth-order valence-electron chi connectivity index (χ4n) is 2.03. The molecule has 0 aliphatic carbocycles. The molecule has 0 bridgehead atoms. The van der Waals surface area contributed by atoms with Gasteiger partial charge < -0.3 is 10.6 Å². The van der Waals surface area contributed by atoms with E-state index in [4.69, 9.17) is 11.6 Å². The standard InChI is InChI=1S/C15H18ClN3O2S2/c1-8(2)6-9(13(20)17-3)18-14(21)10-7-22-15(19-10)11-4-5-12(16)23-11/h4-5,7-9H,6H2,1-3H3,(H,17,20)(H,18,21). The monoisotopic (exact) mass is 371 g/mol. The highest BCUT2D eigenvalue weighted by Gasteiger charge is 2.23. The van der Waals surface area contributed by atoms with E-state index in [1.165, 1.54) is 22.7 Å². The fraction of sp³-hybridized carbons (Fsp3) is 0.400. The summed E-state index contributed by atoms with van der Waals surface area (Å²) in [5, 5.41) is 7.76. The minimum absolute atomic E-state index is 0.201. The van der Waals surface area contributed by atoms with Crippen LogP contribution in [0.3, 0.4) is 0 Å². The van der Waals surface area contributed by atoms with Crippen molar-refractivity contribution in [3.63, 3.8) is 0 Å². The Morgan fingerprint density at radius 1 is 1.35 bits per heavy atom. The number of halogens is 1. The number of amides is 2. The quantitative estimate of drug-likeness (QED) is 0.817. The molecule has 0 aliphatic heterocycles. The number of hydrogen-bond acceptors (Lipinski definition) is 5. The Labute approximate surface area is 148 Å². The Balaban J connectivity index is 2.10. The molecule has 0 radical (unpaired) electrons. The van der Waals surface area contributed by atoms with Crippen molar-refractivity contribution in [3.8, 4) is 9.88 Å². The molecule has 2 rings (SSSR count). The lowest BCUT2D eigenvalue weighted by Crippen LogP contribution is -2.46. The molecule has 0 saturated carbocycles. The zero-order chi connectivity index (χ0) is 17.0. The molecule has 1 unspecified atom stereocenters. The topological polar surface area (TPSA) is 71.1 Å². The molecule has 23 heavy (non-hydrogen) atoms. The van der Waals surface area contributed by atoms with Gasteiger partial charge in [-0.25, -0.2) is 4.98 Å². The summed E-state index contributed by atoms with van der Waals surface area (Å²) >= 11 is 8.71. The van der Waals surface area contributed by atoms with Crippen LogP contribution < -0.4 is 10.6 Å². The Kier molecular flexibility index (Phi) is 6.15. The van der Waals surface area contributed by atoms with Crippen LogP contribution in [0.1, 0.15) is 30.8 Å². The van der Waals surface area contributed by atoms with E-state index in [9.17, 15) is 9.59 Å². The number of carbonyl (C=O) groups is 2. The molecule has 0 spiro atoms. The van der Waals surface area contributed by atoms with Crippen molar-refractivity contribution in [1.29, 1.82) is 0 Å². The van der Waals surface area contributed by atoms with Crippen molar-refractivity contribution in [3.05, 3.63) is 27.5 Å². The van der Waals surface area contributed by atoms with Gasteiger partial charge >= 0.3 is 0 Å². The third kappa shape index (κ3) is 4.76. The van der Waals surface area contributed by atoms with Gasteiger partial charge in [-0.1, -0.05) is 25.4 Å². The average Bonchev–Trinajstić information content (AvgIpc) is 3.13. The number of thiazole rings is 1. The van der Waals surface area contributed by atoms with Crippen LogP contribution in [0.2, 0.25) is 4.34 Å². The summed E-state index contributed by atoms with van der Waals surface area (Å²) < 4.78 is 0.679. The van der Waals surface area contributed by atoms with Crippen molar-refractivity contribution in [2.24, 2.45) is 5.92 Å². The van der Waals surface area contributed by atoms with Gasteiger partial charge in [0.1, 0.15) is 16.7 Å². The van der Waals surface area contributed by atoms with Gasteiger partial charge in [-0.3, -0.25) is 9.59 Å². The van der Waals surface area contributed by atoms with Gasteiger partial charge in [0, 0.05) is 12.4 Å². The second-order valence-corrected chi connectivity index (χ2v) is 7.98. The Morgan fingerprint density at radius 2 is 2.09 bits per heavy atom. The molecule has 0 aliphatic rings. The molecule has 2 amide bonds. The predicted molar refractivity (Wildman–Crippen MR) is 95.2 cm³/mol. The summed E-state index contributed by atoms with van der Waals surface area (Å²) in [6.07, 6.45) is 0.572. The van der Waals surface area contributed by atoms with Crippen LogP contribution in [0, 0.1) is 5.92 Å². The molecule has 8 heteroatoms.